The number of rotatable bonds is 7. The second kappa shape index (κ2) is 9.71. The molecule has 0 unspecified atom stereocenters. The van der Waals surface area contributed by atoms with E-state index in [1.165, 1.54) is 38.5 Å². The molecule has 8 heteroatoms. The maximum atomic E-state index is 13.0. The Balaban J connectivity index is 1.82. The Kier molecular flexibility index (Phi) is 7.26. The van der Waals surface area contributed by atoms with E-state index in [9.17, 15) is 13.2 Å². The Hall–Kier alpha value is -2.25. The maximum absolute atomic E-state index is 13.0. The molecule has 1 aliphatic carbocycles. The molecule has 3 rings (SSSR count). The molecule has 0 aromatic heterocycles. The highest BCUT2D eigenvalue weighted by atomic mass is 35.5. The summed E-state index contributed by atoms with van der Waals surface area (Å²) in [7, 11) is -0.802. The van der Waals surface area contributed by atoms with Gasteiger partial charge in [0.1, 0.15) is 10.6 Å². The van der Waals surface area contributed by atoms with Crippen LogP contribution in [0.4, 0.5) is 5.69 Å². The number of para-hydroxylation sites is 2. The molecule has 1 fully saturated rings. The fourth-order valence-electron chi connectivity index (χ4n) is 3.83. The minimum atomic E-state index is -4.02. The Morgan fingerprint density at radius 1 is 1.17 bits per heavy atom. The van der Waals surface area contributed by atoms with Crippen LogP contribution in [0.15, 0.2) is 47.4 Å². The maximum Gasteiger partial charge on any atom is 0.263 e. The van der Waals surface area contributed by atoms with E-state index in [1.54, 1.807) is 42.3 Å². The van der Waals surface area contributed by atoms with Crippen molar-refractivity contribution in [2.45, 2.75) is 37.0 Å². The fraction of sp³-hybridized carbons (Fsp3) is 0.409. The number of anilines is 1. The number of hydrogen-bond acceptors (Lipinski definition) is 4. The van der Waals surface area contributed by atoms with Crippen molar-refractivity contribution in [3.63, 3.8) is 0 Å². The molecule has 1 N–H and O–H groups in total. The van der Waals surface area contributed by atoms with Gasteiger partial charge in [-0.1, -0.05) is 43.0 Å². The molecule has 0 bridgehead atoms. The van der Waals surface area contributed by atoms with E-state index in [2.05, 4.69) is 4.72 Å². The third kappa shape index (κ3) is 5.26. The Labute approximate surface area is 183 Å². The van der Waals surface area contributed by atoms with Crippen molar-refractivity contribution >= 4 is 33.2 Å². The summed E-state index contributed by atoms with van der Waals surface area (Å²) in [6.07, 6.45) is 5.91. The van der Waals surface area contributed by atoms with E-state index in [-0.39, 0.29) is 21.4 Å². The monoisotopic (exact) mass is 450 g/mol. The fourth-order valence-corrected chi connectivity index (χ4v) is 5.43. The zero-order valence-corrected chi connectivity index (χ0v) is 18.8. The van der Waals surface area contributed by atoms with Gasteiger partial charge in [-0.05, 0) is 49.1 Å². The Morgan fingerprint density at radius 2 is 1.87 bits per heavy atom. The summed E-state index contributed by atoms with van der Waals surface area (Å²) in [5, 5.41) is 0.0453. The van der Waals surface area contributed by atoms with Crippen molar-refractivity contribution in [3.05, 3.63) is 53.1 Å². The summed E-state index contributed by atoms with van der Waals surface area (Å²) in [5.41, 5.74) is 0.584. The molecule has 6 nitrogen and oxygen atoms in total. The molecule has 0 spiro atoms. The van der Waals surface area contributed by atoms with Crippen LogP contribution in [0, 0.1) is 5.92 Å². The molecule has 30 heavy (non-hydrogen) atoms. The van der Waals surface area contributed by atoms with E-state index in [4.69, 9.17) is 16.3 Å². The largest absolute Gasteiger partial charge is 0.495 e. The number of nitrogens with zero attached hydrogens (tertiary/aromatic N) is 1. The summed E-state index contributed by atoms with van der Waals surface area (Å²) < 4.78 is 33.6. The van der Waals surface area contributed by atoms with Crippen LogP contribution in [0.1, 0.15) is 42.5 Å². The Morgan fingerprint density at radius 3 is 2.57 bits per heavy atom. The van der Waals surface area contributed by atoms with Crippen molar-refractivity contribution in [2.75, 3.05) is 25.4 Å². The molecule has 0 atom stereocenters. The van der Waals surface area contributed by atoms with Crippen molar-refractivity contribution in [1.82, 2.24) is 4.90 Å². The van der Waals surface area contributed by atoms with Crippen molar-refractivity contribution in [3.8, 4) is 5.75 Å². The molecular weight excluding hydrogens is 424 g/mol. The number of halogens is 1. The lowest BCUT2D eigenvalue weighted by Gasteiger charge is -2.27. The first-order chi connectivity index (χ1) is 14.3. The van der Waals surface area contributed by atoms with Crippen LogP contribution in [-0.4, -0.2) is 39.9 Å². The van der Waals surface area contributed by atoms with E-state index in [1.807, 2.05) is 0 Å². The zero-order valence-electron chi connectivity index (χ0n) is 17.2. The minimum Gasteiger partial charge on any atom is -0.495 e. The second-order valence-corrected chi connectivity index (χ2v) is 9.70. The van der Waals surface area contributed by atoms with Crippen molar-refractivity contribution < 1.29 is 17.9 Å². The summed E-state index contributed by atoms with van der Waals surface area (Å²) >= 11 is 6.19. The van der Waals surface area contributed by atoms with Crippen molar-refractivity contribution in [2.24, 2.45) is 5.92 Å². The first-order valence-corrected chi connectivity index (χ1v) is 11.9. The molecule has 2 aromatic rings. The normalized spacial score (nSPS) is 14.9. The number of ether oxygens (including phenoxy) is 1. The molecule has 1 saturated carbocycles. The van der Waals surface area contributed by atoms with Gasteiger partial charge < -0.3 is 9.64 Å². The van der Waals surface area contributed by atoms with Crippen LogP contribution in [0.5, 0.6) is 5.75 Å². The predicted molar refractivity (Wildman–Crippen MR) is 119 cm³/mol. The molecule has 0 aliphatic heterocycles. The van der Waals surface area contributed by atoms with Gasteiger partial charge in [0, 0.05) is 19.2 Å². The molecule has 1 amide bonds. The number of methoxy groups -OCH3 is 1. The van der Waals surface area contributed by atoms with Gasteiger partial charge in [0.2, 0.25) is 0 Å². The lowest BCUT2D eigenvalue weighted by atomic mass is 9.89. The van der Waals surface area contributed by atoms with Gasteiger partial charge >= 0.3 is 0 Å². The molecule has 0 radical (unpaired) electrons. The van der Waals surface area contributed by atoms with Crippen LogP contribution < -0.4 is 9.46 Å². The number of carbonyl (C=O) groups excluding carboxylic acids is 1. The lowest BCUT2D eigenvalue weighted by molar-refractivity contribution is 0.0760. The highest BCUT2D eigenvalue weighted by Gasteiger charge is 2.24. The molecule has 0 heterocycles. The van der Waals surface area contributed by atoms with Crippen LogP contribution >= 0.6 is 11.6 Å². The molecule has 1 aliphatic rings. The molecular formula is C22H27ClN2O4S. The highest BCUT2D eigenvalue weighted by molar-refractivity contribution is 7.92. The number of hydrogen-bond donors (Lipinski definition) is 1. The molecule has 0 saturated heterocycles. The van der Waals surface area contributed by atoms with Gasteiger partial charge in [0.05, 0.1) is 17.8 Å². The lowest BCUT2D eigenvalue weighted by Crippen LogP contribution is -2.32. The van der Waals surface area contributed by atoms with Crippen LogP contribution in [0.2, 0.25) is 5.02 Å². The summed E-state index contributed by atoms with van der Waals surface area (Å²) in [6, 6.07) is 11.0. The number of amides is 1. The Bertz CT molecular complexity index is 1000. The minimum absolute atomic E-state index is 0.0453. The van der Waals surface area contributed by atoms with Gasteiger partial charge in [-0.25, -0.2) is 8.42 Å². The van der Waals surface area contributed by atoms with E-state index in [0.717, 1.165) is 12.8 Å². The van der Waals surface area contributed by atoms with Crippen molar-refractivity contribution in [1.29, 1.82) is 0 Å². The molecule has 2 aromatic carbocycles. The molecule has 162 valence electrons. The zero-order chi connectivity index (χ0) is 21.7. The van der Waals surface area contributed by atoms with E-state index >= 15 is 0 Å². The first-order valence-electron chi connectivity index (χ1n) is 10.0. The van der Waals surface area contributed by atoms with Crippen LogP contribution in [0.25, 0.3) is 0 Å². The predicted octanol–water partition coefficient (Wildman–Crippen LogP) is 4.80. The van der Waals surface area contributed by atoms with E-state index < -0.39 is 10.0 Å². The second-order valence-electron chi connectivity index (χ2n) is 7.64. The third-order valence-electron chi connectivity index (χ3n) is 5.42. The number of benzene rings is 2. The average Bonchev–Trinajstić information content (AvgIpc) is 2.74. The summed E-state index contributed by atoms with van der Waals surface area (Å²) in [4.78, 5) is 14.4. The van der Waals surface area contributed by atoms with Gasteiger partial charge in [0.25, 0.3) is 15.9 Å². The van der Waals surface area contributed by atoms with E-state index in [0.29, 0.717) is 23.9 Å². The van der Waals surface area contributed by atoms with Gasteiger partial charge in [0.15, 0.2) is 0 Å². The summed E-state index contributed by atoms with van der Waals surface area (Å²) in [6.45, 7) is 0.670. The highest BCUT2D eigenvalue weighted by Crippen LogP contribution is 2.30. The smallest absolute Gasteiger partial charge is 0.263 e. The number of sulfonamides is 1. The van der Waals surface area contributed by atoms with Gasteiger partial charge in [-0.2, -0.15) is 0 Å². The standard InChI is InChI=1S/C22H27ClN2O4S/c1-25(15-16-8-4-3-5-9-16)22(26)17-12-13-18(23)21(14-17)30(27,28)24-19-10-6-7-11-20(19)29-2/h6-7,10-14,16,24H,3-5,8-9,15H2,1-2H3. The number of nitrogens with one attached hydrogen (secondary N) is 1. The summed E-state index contributed by atoms with van der Waals surface area (Å²) in [5.74, 6) is 0.665. The quantitative estimate of drug-likeness (QED) is 0.657. The van der Waals surface area contributed by atoms with Gasteiger partial charge in [-0.3, -0.25) is 9.52 Å². The van der Waals surface area contributed by atoms with Crippen LogP contribution in [-0.2, 0) is 10.0 Å². The SMILES string of the molecule is COc1ccccc1NS(=O)(=O)c1cc(C(=O)N(C)CC2CCCCC2)ccc1Cl. The number of carbonyl (C=O) groups is 1. The third-order valence-corrected chi connectivity index (χ3v) is 7.27. The first kappa shape index (κ1) is 22.4. The van der Waals surface area contributed by atoms with Gasteiger partial charge in [-0.15, -0.1) is 0 Å². The van der Waals surface area contributed by atoms with Crippen LogP contribution in [0.3, 0.4) is 0 Å². The average molecular weight is 451 g/mol. The topological polar surface area (TPSA) is 75.7 Å².